The molecular formula is C21H23N5OS. The van der Waals surface area contributed by atoms with Crippen LogP contribution in [0.5, 0.6) is 0 Å². The summed E-state index contributed by atoms with van der Waals surface area (Å²) in [6.07, 6.45) is 4.77. The van der Waals surface area contributed by atoms with Crippen LogP contribution in [0.2, 0.25) is 0 Å². The third-order valence-electron chi connectivity index (χ3n) is 4.90. The Morgan fingerprint density at radius 2 is 2.11 bits per heavy atom. The van der Waals surface area contributed by atoms with Gasteiger partial charge >= 0.3 is 0 Å². The van der Waals surface area contributed by atoms with Crippen molar-refractivity contribution in [2.45, 2.75) is 26.3 Å². The maximum Gasteiger partial charge on any atom is 0.268 e. The normalized spacial score (nSPS) is 12.5. The second kappa shape index (κ2) is 7.67. The van der Waals surface area contributed by atoms with Gasteiger partial charge in [0.1, 0.15) is 5.69 Å². The van der Waals surface area contributed by atoms with Crippen LogP contribution in [0.15, 0.2) is 42.6 Å². The maximum atomic E-state index is 13.0. The Kier molecular flexibility index (Phi) is 5.09. The van der Waals surface area contributed by atoms with E-state index in [9.17, 15) is 4.79 Å². The Labute approximate surface area is 167 Å². The first-order valence-corrected chi connectivity index (χ1v) is 10.7. The summed E-state index contributed by atoms with van der Waals surface area (Å²) in [5.41, 5.74) is 4.65. The van der Waals surface area contributed by atoms with Gasteiger partial charge in [-0.25, -0.2) is 0 Å². The van der Waals surface area contributed by atoms with Crippen LogP contribution >= 0.6 is 11.8 Å². The molecule has 4 rings (SSSR count). The number of nitrogens with one attached hydrogen (secondary N) is 2. The number of benzene rings is 1. The van der Waals surface area contributed by atoms with Crippen molar-refractivity contribution < 1.29 is 4.79 Å². The molecule has 4 aromatic rings. The van der Waals surface area contributed by atoms with E-state index in [1.165, 1.54) is 5.56 Å². The summed E-state index contributed by atoms with van der Waals surface area (Å²) in [7, 11) is 0. The standard InChI is InChI=1S/C21H23N5OS/c1-13-10-14(2)15-12-18(22-17(15)11-13)21(27)23-16(7-9-28-3)20-25-24-19-6-4-5-8-26(19)20/h4-6,8,10-12,16,22H,7,9H2,1-3H3,(H,23,27). The van der Waals surface area contributed by atoms with Gasteiger partial charge in [-0.3, -0.25) is 9.20 Å². The summed E-state index contributed by atoms with van der Waals surface area (Å²) in [6.45, 7) is 4.12. The van der Waals surface area contributed by atoms with E-state index < -0.39 is 0 Å². The largest absolute Gasteiger partial charge is 0.351 e. The molecule has 144 valence electrons. The molecule has 1 unspecified atom stereocenters. The lowest BCUT2D eigenvalue weighted by Gasteiger charge is -2.16. The molecule has 0 bridgehead atoms. The summed E-state index contributed by atoms with van der Waals surface area (Å²) >= 11 is 1.75. The minimum atomic E-state index is -0.216. The SMILES string of the molecule is CSCCC(NC(=O)c1cc2c(C)cc(C)cc2[nH]1)c1nnc2ccccn12. The number of carbonyl (C=O) groups is 1. The second-order valence-corrected chi connectivity index (χ2v) is 8.01. The molecule has 0 aliphatic rings. The molecule has 3 aromatic heterocycles. The Bertz CT molecular complexity index is 1150. The number of amides is 1. The Balaban J connectivity index is 1.65. The number of aromatic nitrogens is 4. The highest BCUT2D eigenvalue weighted by Gasteiger charge is 2.22. The van der Waals surface area contributed by atoms with E-state index in [0.29, 0.717) is 5.69 Å². The number of hydrogen-bond acceptors (Lipinski definition) is 4. The third kappa shape index (κ3) is 3.49. The van der Waals surface area contributed by atoms with Crippen LogP contribution in [0, 0.1) is 13.8 Å². The molecule has 0 spiro atoms. The van der Waals surface area contributed by atoms with Crippen LogP contribution in [0.3, 0.4) is 0 Å². The highest BCUT2D eigenvalue weighted by atomic mass is 32.2. The summed E-state index contributed by atoms with van der Waals surface area (Å²) < 4.78 is 1.93. The highest BCUT2D eigenvalue weighted by Crippen LogP contribution is 2.23. The van der Waals surface area contributed by atoms with E-state index in [4.69, 9.17) is 0 Å². The lowest BCUT2D eigenvalue weighted by Crippen LogP contribution is -2.30. The molecule has 1 atom stereocenters. The summed E-state index contributed by atoms with van der Waals surface area (Å²) in [6, 6.07) is 11.7. The third-order valence-corrected chi connectivity index (χ3v) is 5.55. The van der Waals surface area contributed by atoms with Gasteiger partial charge in [0.05, 0.1) is 6.04 Å². The summed E-state index contributed by atoms with van der Waals surface area (Å²) in [5, 5.41) is 12.8. The molecule has 2 N–H and O–H groups in total. The molecule has 28 heavy (non-hydrogen) atoms. The molecule has 0 radical (unpaired) electrons. The van der Waals surface area contributed by atoms with Crippen LogP contribution in [0.4, 0.5) is 0 Å². The predicted molar refractivity (Wildman–Crippen MR) is 114 cm³/mol. The van der Waals surface area contributed by atoms with E-state index in [-0.39, 0.29) is 11.9 Å². The molecule has 0 saturated carbocycles. The average molecular weight is 394 g/mol. The van der Waals surface area contributed by atoms with Crippen LogP contribution in [0.25, 0.3) is 16.6 Å². The lowest BCUT2D eigenvalue weighted by molar-refractivity contribution is 0.0929. The van der Waals surface area contributed by atoms with Crippen molar-refractivity contribution in [2.24, 2.45) is 0 Å². The number of aryl methyl sites for hydroxylation is 2. The number of fused-ring (bicyclic) bond motifs is 2. The van der Waals surface area contributed by atoms with Crippen molar-refractivity contribution in [3.05, 3.63) is 65.2 Å². The fourth-order valence-corrected chi connectivity index (χ4v) is 4.03. The van der Waals surface area contributed by atoms with Crippen molar-refractivity contribution in [3.8, 4) is 0 Å². The Hall–Kier alpha value is -2.80. The molecule has 7 heteroatoms. The van der Waals surface area contributed by atoms with Crippen molar-refractivity contribution in [3.63, 3.8) is 0 Å². The number of carbonyl (C=O) groups excluding carboxylic acids is 1. The van der Waals surface area contributed by atoms with Gasteiger partial charge in [0, 0.05) is 17.1 Å². The molecular weight excluding hydrogens is 370 g/mol. The van der Waals surface area contributed by atoms with Crippen molar-refractivity contribution in [1.29, 1.82) is 0 Å². The minimum absolute atomic E-state index is 0.132. The predicted octanol–water partition coefficient (Wildman–Crippen LogP) is 4.05. The maximum absolute atomic E-state index is 13.0. The first-order valence-electron chi connectivity index (χ1n) is 9.26. The van der Waals surface area contributed by atoms with Gasteiger partial charge < -0.3 is 10.3 Å². The number of hydrogen-bond donors (Lipinski definition) is 2. The van der Waals surface area contributed by atoms with Gasteiger partial charge in [-0.15, -0.1) is 10.2 Å². The zero-order valence-corrected chi connectivity index (χ0v) is 17.0. The first kappa shape index (κ1) is 18.6. The number of thioether (sulfide) groups is 1. The average Bonchev–Trinajstić information content (AvgIpc) is 3.29. The minimum Gasteiger partial charge on any atom is -0.351 e. The van der Waals surface area contributed by atoms with E-state index in [2.05, 4.69) is 52.7 Å². The van der Waals surface area contributed by atoms with Crippen LogP contribution in [-0.2, 0) is 0 Å². The Morgan fingerprint density at radius 1 is 1.25 bits per heavy atom. The number of H-pyrrole nitrogens is 1. The molecule has 0 aliphatic heterocycles. The molecule has 3 heterocycles. The number of aromatic amines is 1. The van der Waals surface area contributed by atoms with Gasteiger partial charge in [-0.05, 0) is 67.7 Å². The molecule has 0 fully saturated rings. The van der Waals surface area contributed by atoms with Crippen LogP contribution in [-0.4, -0.2) is 37.5 Å². The van der Waals surface area contributed by atoms with E-state index in [0.717, 1.165) is 40.1 Å². The van der Waals surface area contributed by atoms with E-state index >= 15 is 0 Å². The fraction of sp³-hybridized carbons (Fsp3) is 0.286. The summed E-state index contributed by atoms with van der Waals surface area (Å²) in [4.78, 5) is 16.3. The molecule has 1 amide bonds. The molecule has 0 saturated heterocycles. The van der Waals surface area contributed by atoms with E-state index in [1.807, 2.05) is 34.9 Å². The monoisotopic (exact) mass is 393 g/mol. The van der Waals surface area contributed by atoms with Crippen LogP contribution < -0.4 is 5.32 Å². The zero-order valence-electron chi connectivity index (χ0n) is 16.2. The smallest absolute Gasteiger partial charge is 0.268 e. The van der Waals surface area contributed by atoms with Crippen molar-refractivity contribution in [2.75, 3.05) is 12.0 Å². The topological polar surface area (TPSA) is 75.1 Å². The van der Waals surface area contributed by atoms with Gasteiger partial charge in [0.15, 0.2) is 11.5 Å². The zero-order chi connectivity index (χ0) is 19.7. The van der Waals surface area contributed by atoms with Gasteiger partial charge in [0.25, 0.3) is 5.91 Å². The lowest BCUT2D eigenvalue weighted by atomic mass is 10.1. The second-order valence-electron chi connectivity index (χ2n) is 7.02. The van der Waals surface area contributed by atoms with Crippen molar-refractivity contribution in [1.82, 2.24) is 24.9 Å². The highest BCUT2D eigenvalue weighted by molar-refractivity contribution is 7.98. The number of nitrogens with zero attached hydrogens (tertiary/aromatic N) is 3. The molecule has 0 aliphatic carbocycles. The van der Waals surface area contributed by atoms with Gasteiger partial charge in [-0.1, -0.05) is 12.1 Å². The molecule has 6 nitrogen and oxygen atoms in total. The van der Waals surface area contributed by atoms with Gasteiger partial charge in [0.2, 0.25) is 0 Å². The molecule has 1 aromatic carbocycles. The number of pyridine rings is 1. The quantitative estimate of drug-likeness (QED) is 0.518. The first-order chi connectivity index (χ1) is 13.6. The van der Waals surface area contributed by atoms with Gasteiger partial charge in [-0.2, -0.15) is 11.8 Å². The summed E-state index contributed by atoms with van der Waals surface area (Å²) in [5.74, 6) is 1.53. The van der Waals surface area contributed by atoms with E-state index in [1.54, 1.807) is 11.8 Å². The van der Waals surface area contributed by atoms with Crippen molar-refractivity contribution >= 4 is 34.2 Å². The Morgan fingerprint density at radius 3 is 2.93 bits per heavy atom. The fourth-order valence-electron chi connectivity index (χ4n) is 3.56. The van der Waals surface area contributed by atoms with Crippen LogP contribution in [0.1, 0.15) is 39.9 Å². The number of rotatable bonds is 6.